The molecule has 3 N–H and O–H groups in total. The Morgan fingerprint density at radius 2 is 1.67 bits per heavy atom. The van der Waals surface area contributed by atoms with Gasteiger partial charge in [-0.15, -0.1) is 0 Å². The number of carbonyl (C=O) groups is 3. The molecule has 3 amide bonds. The van der Waals surface area contributed by atoms with E-state index in [1.54, 1.807) is 66.7 Å². The van der Waals surface area contributed by atoms with Crippen molar-refractivity contribution in [3.05, 3.63) is 119 Å². The van der Waals surface area contributed by atoms with Crippen LogP contribution in [0.25, 0.3) is 0 Å². The van der Waals surface area contributed by atoms with Gasteiger partial charge in [-0.2, -0.15) is 9.41 Å². The van der Waals surface area contributed by atoms with Crippen LogP contribution in [0.2, 0.25) is 5.02 Å². The fourth-order valence-electron chi connectivity index (χ4n) is 3.80. The molecule has 222 valence electrons. The van der Waals surface area contributed by atoms with Gasteiger partial charge < -0.3 is 15.1 Å². The van der Waals surface area contributed by atoms with Gasteiger partial charge in [-0.05, 0) is 55.0 Å². The van der Waals surface area contributed by atoms with Gasteiger partial charge in [0.2, 0.25) is 10.0 Å². The molecule has 1 aromatic heterocycles. The quantitative estimate of drug-likeness (QED) is 0.132. The van der Waals surface area contributed by atoms with E-state index in [-0.39, 0.29) is 23.7 Å². The lowest BCUT2D eigenvalue weighted by Gasteiger charge is -2.21. The number of hydrazone groups is 1. The first-order valence-electron chi connectivity index (χ1n) is 13.0. The number of halogens is 1. The Labute approximate surface area is 253 Å². The van der Waals surface area contributed by atoms with E-state index >= 15 is 0 Å². The van der Waals surface area contributed by atoms with Gasteiger partial charge >= 0.3 is 11.8 Å². The lowest BCUT2D eigenvalue weighted by Crippen LogP contribution is -2.39. The van der Waals surface area contributed by atoms with Crippen molar-refractivity contribution in [2.75, 3.05) is 11.9 Å². The molecule has 0 bridgehead atoms. The number of amides is 3. The van der Waals surface area contributed by atoms with E-state index in [9.17, 15) is 22.8 Å². The molecule has 3 aromatic carbocycles. The van der Waals surface area contributed by atoms with Crippen LogP contribution in [0.3, 0.4) is 0 Å². The van der Waals surface area contributed by atoms with Crippen LogP contribution >= 0.6 is 11.6 Å². The Bertz CT molecular complexity index is 1720. The van der Waals surface area contributed by atoms with Crippen molar-refractivity contribution < 1.29 is 27.2 Å². The predicted molar refractivity (Wildman–Crippen MR) is 162 cm³/mol. The summed E-state index contributed by atoms with van der Waals surface area (Å²) in [4.78, 5) is 37.0. The molecule has 0 unspecified atom stereocenters. The monoisotopic (exact) mass is 621 g/mol. The molecule has 13 heteroatoms. The number of sulfonamides is 1. The largest absolute Gasteiger partial charge is 0.458 e. The number of rotatable bonds is 11. The Morgan fingerprint density at radius 3 is 2.40 bits per heavy atom. The first-order valence-corrected chi connectivity index (χ1v) is 14.8. The minimum Gasteiger partial charge on any atom is -0.458 e. The van der Waals surface area contributed by atoms with Crippen LogP contribution in [-0.4, -0.2) is 43.2 Å². The molecule has 11 nitrogen and oxygen atoms in total. The summed E-state index contributed by atoms with van der Waals surface area (Å²) < 4.78 is 33.4. The molecule has 0 atom stereocenters. The van der Waals surface area contributed by atoms with Crippen LogP contribution in [0, 0.1) is 6.92 Å². The Balaban J connectivity index is 1.32. The molecule has 0 spiro atoms. The van der Waals surface area contributed by atoms with E-state index in [2.05, 4.69) is 21.2 Å². The minimum absolute atomic E-state index is 0.0153. The van der Waals surface area contributed by atoms with Gasteiger partial charge in [0.1, 0.15) is 11.5 Å². The van der Waals surface area contributed by atoms with Crippen LogP contribution in [0.15, 0.2) is 105 Å². The molecule has 0 aliphatic carbocycles. The third kappa shape index (κ3) is 9.10. The normalized spacial score (nSPS) is 11.4. The van der Waals surface area contributed by atoms with Crippen LogP contribution < -0.4 is 16.1 Å². The van der Waals surface area contributed by atoms with Crippen molar-refractivity contribution >= 4 is 51.2 Å². The van der Waals surface area contributed by atoms with E-state index in [4.69, 9.17) is 16.0 Å². The van der Waals surface area contributed by atoms with E-state index in [0.717, 1.165) is 9.87 Å². The zero-order valence-electron chi connectivity index (χ0n) is 23.0. The zero-order chi connectivity index (χ0) is 30.8. The maximum Gasteiger partial charge on any atom is 0.313 e. The standard InChI is InChI=1S/C30H28ClN5O6S/c1-21-10-14-27(15-11-21)43(40,41)36(19-22-6-3-2-4-7-22)20-28(37)35-33-18-26-13-12-25(42-26)17-32-29(38)30(39)34-24-9-5-8-23(31)16-24/h2-16,18H,17,19-20H2,1H3,(H,32,38)(H,34,39)(H,35,37)/b33-18-. The maximum atomic E-state index is 13.4. The summed E-state index contributed by atoms with van der Waals surface area (Å²) in [5.41, 5.74) is 4.31. The van der Waals surface area contributed by atoms with Gasteiger partial charge in [-0.1, -0.05) is 65.7 Å². The number of hydrogen-bond acceptors (Lipinski definition) is 7. The Hall–Kier alpha value is -4.78. The van der Waals surface area contributed by atoms with Gasteiger partial charge in [0.25, 0.3) is 5.91 Å². The fraction of sp³-hybridized carbons (Fsp3) is 0.133. The number of carbonyl (C=O) groups excluding carboxylic acids is 3. The average Bonchev–Trinajstić information content (AvgIpc) is 3.44. The molecule has 0 aliphatic rings. The summed E-state index contributed by atoms with van der Waals surface area (Å²) in [5.74, 6) is -1.83. The third-order valence-corrected chi connectivity index (χ3v) is 8.00. The van der Waals surface area contributed by atoms with E-state index in [0.29, 0.717) is 22.0 Å². The summed E-state index contributed by atoms with van der Waals surface area (Å²) in [6, 6.07) is 24.8. The molecule has 0 saturated carbocycles. The van der Waals surface area contributed by atoms with Crippen molar-refractivity contribution in [1.82, 2.24) is 15.0 Å². The predicted octanol–water partition coefficient (Wildman–Crippen LogP) is 3.84. The van der Waals surface area contributed by atoms with Gasteiger partial charge in [0, 0.05) is 17.3 Å². The minimum atomic E-state index is -3.99. The molecular formula is C30H28ClN5O6S. The van der Waals surface area contributed by atoms with Crippen molar-refractivity contribution in [1.29, 1.82) is 0 Å². The summed E-state index contributed by atoms with van der Waals surface area (Å²) in [6.45, 7) is 1.28. The second kappa shape index (κ2) is 14.4. The molecular weight excluding hydrogens is 594 g/mol. The first kappa shape index (κ1) is 31.2. The van der Waals surface area contributed by atoms with Crippen molar-refractivity contribution in [3.63, 3.8) is 0 Å². The van der Waals surface area contributed by atoms with Crippen LogP contribution in [0.4, 0.5) is 5.69 Å². The smallest absolute Gasteiger partial charge is 0.313 e. The number of nitrogens with one attached hydrogen (secondary N) is 3. The summed E-state index contributed by atoms with van der Waals surface area (Å²) in [5, 5.41) is 9.15. The summed E-state index contributed by atoms with van der Waals surface area (Å²) in [7, 11) is -3.99. The Kier molecular flexibility index (Phi) is 10.4. The summed E-state index contributed by atoms with van der Waals surface area (Å²) in [6.07, 6.45) is 1.23. The van der Waals surface area contributed by atoms with Gasteiger partial charge in [-0.25, -0.2) is 13.8 Å². The SMILES string of the molecule is Cc1ccc(S(=O)(=O)N(CC(=O)N/N=C\c2ccc(CNC(=O)C(=O)Nc3cccc(Cl)c3)o2)Cc2ccccc2)cc1. The van der Waals surface area contributed by atoms with Crippen molar-refractivity contribution in [2.45, 2.75) is 24.9 Å². The molecule has 0 aliphatic heterocycles. The highest BCUT2D eigenvalue weighted by Crippen LogP contribution is 2.19. The molecule has 4 rings (SSSR count). The van der Waals surface area contributed by atoms with E-state index in [1.807, 2.05) is 13.0 Å². The number of anilines is 1. The van der Waals surface area contributed by atoms with E-state index in [1.165, 1.54) is 24.4 Å². The molecule has 0 radical (unpaired) electrons. The second-order valence-corrected chi connectivity index (χ2v) is 11.7. The number of benzene rings is 3. The van der Waals surface area contributed by atoms with Crippen molar-refractivity contribution in [2.24, 2.45) is 5.10 Å². The van der Waals surface area contributed by atoms with Crippen molar-refractivity contribution in [3.8, 4) is 0 Å². The number of aryl methyl sites for hydroxylation is 1. The van der Waals surface area contributed by atoms with E-state index < -0.39 is 34.3 Å². The Morgan fingerprint density at radius 1 is 0.930 bits per heavy atom. The molecule has 4 aromatic rings. The van der Waals surface area contributed by atoms with Crippen LogP contribution in [-0.2, 0) is 37.5 Å². The highest BCUT2D eigenvalue weighted by Gasteiger charge is 2.27. The van der Waals surface area contributed by atoms with Gasteiger partial charge in [0.15, 0.2) is 0 Å². The maximum absolute atomic E-state index is 13.4. The number of furan rings is 1. The highest BCUT2D eigenvalue weighted by atomic mass is 35.5. The molecule has 43 heavy (non-hydrogen) atoms. The topological polar surface area (TPSA) is 150 Å². The first-order chi connectivity index (χ1) is 20.6. The lowest BCUT2D eigenvalue weighted by molar-refractivity contribution is -0.136. The van der Waals surface area contributed by atoms with Crippen LogP contribution in [0.5, 0.6) is 0 Å². The summed E-state index contributed by atoms with van der Waals surface area (Å²) >= 11 is 5.88. The fourth-order valence-corrected chi connectivity index (χ4v) is 5.37. The molecule has 1 heterocycles. The highest BCUT2D eigenvalue weighted by molar-refractivity contribution is 7.89. The molecule has 0 fully saturated rings. The second-order valence-electron chi connectivity index (χ2n) is 9.32. The molecule has 0 saturated heterocycles. The van der Waals surface area contributed by atoms with Crippen LogP contribution in [0.1, 0.15) is 22.6 Å². The lowest BCUT2D eigenvalue weighted by atomic mass is 10.2. The van der Waals surface area contributed by atoms with Gasteiger partial charge in [-0.3, -0.25) is 14.4 Å². The average molecular weight is 622 g/mol. The van der Waals surface area contributed by atoms with Gasteiger partial charge in [0.05, 0.1) is 24.2 Å². The number of nitrogens with zero attached hydrogens (tertiary/aromatic N) is 2. The third-order valence-electron chi connectivity index (χ3n) is 5.96. The number of hydrogen-bond donors (Lipinski definition) is 3. The zero-order valence-corrected chi connectivity index (χ0v) is 24.6.